The molecule has 1 rings (SSSR count). The van der Waals surface area contributed by atoms with Crippen LogP contribution in [0.1, 0.15) is 26.2 Å². The molecule has 0 aromatic rings. The van der Waals surface area contributed by atoms with Crippen LogP contribution >= 0.6 is 0 Å². The van der Waals surface area contributed by atoms with Crippen LogP contribution in [-0.2, 0) is 23.9 Å². The van der Waals surface area contributed by atoms with Gasteiger partial charge in [0.15, 0.2) is 6.10 Å². The molecule has 0 fully saturated rings. The second-order valence-electron chi connectivity index (χ2n) is 6.24. The molecule has 0 aromatic heterocycles. The minimum Gasteiger partial charge on any atom is -0.481 e. The van der Waals surface area contributed by atoms with Gasteiger partial charge in [0.1, 0.15) is 18.3 Å². The lowest BCUT2D eigenvalue weighted by Gasteiger charge is -2.38. The van der Waals surface area contributed by atoms with E-state index in [1.165, 1.54) is 0 Å². The van der Waals surface area contributed by atoms with E-state index in [-0.39, 0.29) is 19.3 Å². The maximum Gasteiger partial charge on any atom is 0.370 e. The van der Waals surface area contributed by atoms with Crippen molar-refractivity contribution in [2.45, 2.75) is 56.6 Å². The number of aliphatic carboxylic acids is 2. The number of carboxylic acid groups (broad SMARTS) is 2. The van der Waals surface area contributed by atoms with E-state index < -0.39 is 66.5 Å². The first-order valence-electron chi connectivity index (χ1n) is 8.44. The lowest BCUT2D eigenvalue weighted by Crippen LogP contribution is -2.60. The van der Waals surface area contributed by atoms with Crippen LogP contribution in [0.4, 0.5) is 0 Å². The molecule has 0 spiro atoms. The predicted octanol–water partition coefficient (Wildman–Crippen LogP) is -2.69. The average Bonchev–Trinajstić information content (AvgIpc) is 2.59. The Balaban J connectivity index is 2.73. The smallest absolute Gasteiger partial charge is 0.370 e. The van der Waals surface area contributed by atoms with Gasteiger partial charge >= 0.3 is 11.9 Å². The molecule has 0 saturated heterocycles. The Morgan fingerprint density at radius 2 is 1.82 bits per heavy atom. The summed E-state index contributed by atoms with van der Waals surface area (Å²) in [4.78, 5) is 44.4. The van der Waals surface area contributed by atoms with Gasteiger partial charge in [-0.05, 0) is 12.5 Å². The monoisotopic (exact) mass is 404 g/mol. The summed E-state index contributed by atoms with van der Waals surface area (Å²) >= 11 is 0. The Morgan fingerprint density at radius 3 is 2.36 bits per heavy atom. The second kappa shape index (κ2) is 10.6. The summed E-state index contributed by atoms with van der Waals surface area (Å²) in [5.41, 5.74) is 0. The molecule has 1 aliphatic rings. The first-order chi connectivity index (χ1) is 13.0. The number of carbonyl (C=O) groups is 4. The lowest BCUT2D eigenvalue weighted by atomic mass is 9.93. The van der Waals surface area contributed by atoms with E-state index in [1.54, 1.807) is 0 Å². The van der Waals surface area contributed by atoms with E-state index in [0.29, 0.717) is 0 Å². The molecule has 0 radical (unpaired) electrons. The van der Waals surface area contributed by atoms with Crippen LogP contribution in [0.25, 0.3) is 0 Å². The van der Waals surface area contributed by atoms with Gasteiger partial charge in [0.05, 0.1) is 6.04 Å². The Hall–Kier alpha value is -2.70. The molecule has 12 nitrogen and oxygen atoms in total. The van der Waals surface area contributed by atoms with Crippen LogP contribution in [0.3, 0.4) is 0 Å². The fraction of sp³-hybridized carbons (Fsp3) is 0.625. The Morgan fingerprint density at radius 1 is 1.18 bits per heavy atom. The Bertz CT molecular complexity index is 635. The summed E-state index contributed by atoms with van der Waals surface area (Å²) in [6.07, 6.45) is -5.75. The fourth-order valence-electron chi connectivity index (χ4n) is 2.57. The quantitative estimate of drug-likeness (QED) is 0.201. The number of ether oxygens (including phenoxy) is 1. The number of nitrogens with one attached hydrogen (secondary N) is 2. The van der Waals surface area contributed by atoms with Crippen LogP contribution in [0.15, 0.2) is 11.8 Å². The molecule has 28 heavy (non-hydrogen) atoms. The number of hydrogen-bond donors (Lipinski definition) is 7. The number of rotatable bonds is 10. The van der Waals surface area contributed by atoms with Crippen LogP contribution in [0.5, 0.6) is 0 Å². The van der Waals surface area contributed by atoms with Crippen LogP contribution in [-0.4, -0.2) is 86.3 Å². The fourth-order valence-corrected chi connectivity index (χ4v) is 2.57. The van der Waals surface area contributed by atoms with Crippen LogP contribution in [0, 0.1) is 0 Å². The molecule has 0 bridgehead atoms. The predicted molar refractivity (Wildman–Crippen MR) is 90.7 cm³/mol. The molecule has 5 atom stereocenters. The molecule has 0 aromatic carbocycles. The van der Waals surface area contributed by atoms with Crippen molar-refractivity contribution in [3.8, 4) is 0 Å². The zero-order valence-electron chi connectivity index (χ0n) is 15.1. The maximum atomic E-state index is 11.6. The van der Waals surface area contributed by atoms with Crippen molar-refractivity contribution in [3.63, 3.8) is 0 Å². The minimum absolute atomic E-state index is 0.0924. The third kappa shape index (κ3) is 7.13. The number of aliphatic hydroxyl groups is 3. The van der Waals surface area contributed by atoms with Crippen molar-refractivity contribution in [3.05, 3.63) is 11.8 Å². The van der Waals surface area contributed by atoms with Crippen LogP contribution in [0.2, 0.25) is 0 Å². The average molecular weight is 404 g/mol. The normalized spacial score (nSPS) is 23.6. The first-order valence-corrected chi connectivity index (χ1v) is 8.44. The summed E-state index contributed by atoms with van der Waals surface area (Å²) in [7, 11) is 0. The van der Waals surface area contributed by atoms with Crippen molar-refractivity contribution in [1.29, 1.82) is 0 Å². The van der Waals surface area contributed by atoms with E-state index >= 15 is 0 Å². The van der Waals surface area contributed by atoms with E-state index in [2.05, 4.69) is 10.6 Å². The molecule has 2 amide bonds. The molecule has 158 valence electrons. The first kappa shape index (κ1) is 23.3. The highest BCUT2D eigenvalue weighted by Gasteiger charge is 2.43. The number of carboxylic acids is 2. The van der Waals surface area contributed by atoms with Crippen molar-refractivity contribution in [1.82, 2.24) is 10.6 Å². The minimum atomic E-state index is -1.77. The summed E-state index contributed by atoms with van der Waals surface area (Å²) in [5, 5.41) is 52.6. The van der Waals surface area contributed by atoms with E-state index in [0.717, 1.165) is 13.0 Å². The van der Waals surface area contributed by atoms with Gasteiger partial charge in [0.2, 0.25) is 17.6 Å². The van der Waals surface area contributed by atoms with Gasteiger partial charge in [0, 0.05) is 26.3 Å². The number of hydrogen-bond acceptors (Lipinski definition) is 8. The lowest BCUT2D eigenvalue weighted by molar-refractivity contribution is -0.147. The summed E-state index contributed by atoms with van der Waals surface area (Å²) in [5.74, 6) is -4.37. The molecule has 0 aliphatic carbocycles. The Kier molecular flexibility index (Phi) is 8.82. The topological polar surface area (TPSA) is 203 Å². The van der Waals surface area contributed by atoms with Gasteiger partial charge in [-0.15, -0.1) is 0 Å². The van der Waals surface area contributed by atoms with Crippen molar-refractivity contribution in [2.24, 2.45) is 0 Å². The van der Waals surface area contributed by atoms with Gasteiger partial charge in [-0.2, -0.15) is 0 Å². The van der Waals surface area contributed by atoms with Gasteiger partial charge < -0.3 is 40.9 Å². The highest BCUT2D eigenvalue weighted by atomic mass is 16.5. The molecule has 12 heteroatoms. The van der Waals surface area contributed by atoms with Crippen molar-refractivity contribution < 1.29 is 49.4 Å². The third-order valence-electron chi connectivity index (χ3n) is 3.92. The number of aliphatic hydroxyl groups excluding tert-OH is 3. The molecule has 0 unspecified atom stereocenters. The molecule has 0 saturated carbocycles. The van der Waals surface area contributed by atoms with E-state index in [1.807, 2.05) is 0 Å². The summed E-state index contributed by atoms with van der Waals surface area (Å²) in [6.45, 7) is 0.697. The van der Waals surface area contributed by atoms with Crippen LogP contribution < -0.4 is 10.6 Å². The second-order valence-corrected chi connectivity index (χ2v) is 6.24. The SMILES string of the molecule is CC(=O)N[C@H]1[C@H]([C@H](O)[C@H](O)CNC(=O)CCCC(=O)O)OC(C(=O)O)=C[C@@H]1O. The van der Waals surface area contributed by atoms with Crippen molar-refractivity contribution in [2.75, 3.05) is 6.54 Å². The summed E-state index contributed by atoms with van der Waals surface area (Å²) in [6, 6.07) is -1.24. The molecule has 1 heterocycles. The highest BCUT2D eigenvalue weighted by molar-refractivity contribution is 5.84. The van der Waals surface area contributed by atoms with Crippen molar-refractivity contribution >= 4 is 23.8 Å². The number of carbonyl (C=O) groups excluding carboxylic acids is 2. The molecule has 7 N–H and O–H groups in total. The van der Waals surface area contributed by atoms with E-state index in [9.17, 15) is 34.5 Å². The molecular formula is C16H24N2O10. The van der Waals surface area contributed by atoms with E-state index in [4.69, 9.17) is 14.9 Å². The maximum absolute atomic E-state index is 11.6. The Labute approximate surface area is 159 Å². The zero-order chi connectivity index (χ0) is 21.4. The largest absolute Gasteiger partial charge is 0.481 e. The third-order valence-corrected chi connectivity index (χ3v) is 3.92. The van der Waals surface area contributed by atoms with Gasteiger partial charge in [0.25, 0.3) is 0 Å². The van der Waals surface area contributed by atoms with Gasteiger partial charge in [-0.25, -0.2) is 4.79 Å². The zero-order valence-corrected chi connectivity index (χ0v) is 15.1. The van der Waals surface area contributed by atoms with Gasteiger partial charge in [-0.1, -0.05) is 0 Å². The summed E-state index contributed by atoms with van der Waals surface area (Å²) < 4.78 is 5.11. The highest BCUT2D eigenvalue weighted by Crippen LogP contribution is 2.22. The number of amides is 2. The standard InChI is InChI=1S/C16H24N2O10/c1-7(19)18-13-8(20)5-10(16(26)27)28-15(13)14(25)9(21)6-17-11(22)3-2-4-12(23)24/h5,8-9,13-15,20-21,25H,2-4,6H2,1H3,(H,17,22)(H,18,19)(H,23,24)(H,26,27)/t8-,9+,13+,14+,15+/m0/s1. The molecule has 1 aliphatic heterocycles. The van der Waals surface area contributed by atoms with Gasteiger partial charge in [-0.3, -0.25) is 14.4 Å². The molecular weight excluding hydrogens is 380 g/mol.